The molecule has 31 heavy (non-hydrogen) atoms. The van der Waals surface area contributed by atoms with E-state index >= 15 is 0 Å². The lowest BCUT2D eigenvalue weighted by atomic mass is 10.0. The Labute approximate surface area is 180 Å². The molecular weight excluding hydrogens is 390 g/mol. The van der Waals surface area contributed by atoms with Crippen molar-refractivity contribution >= 4 is 27.7 Å². The van der Waals surface area contributed by atoms with E-state index in [1.54, 1.807) is 18.0 Å². The molecule has 1 amide bonds. The van der Waals surface area contributed by atoms with Gasteiger partial charge in [0, 0.05) is 19.2 Å². The van der Waals surface area contributed by atoms with Gasteiger partial charge in [-0.1, -0.05) is 49.4 Å². The number of rotatable bonds is 7. The van der Waals surface area contributed by atoms with Crippen molar-refractivity contribution in [3.63, 3.8) is 0 Å². The Morgan fingerprint density at radius 1 is 1.06 bits per heavy atom. The number of benzene rings is 3. The standard InChI is InChI=1S/C25H25N3O3/c1-3-14-31-23-13-12-18-8-4-5-9-19(18)20(23)16-27(2)25(30)17-28-22-11-7-6-10-21(22)26-15-24(28)29/h4-13,15H,3,14,16-17H2,1-2H3. The van der Waals surface area contributed by atoms with Gasteiger partial charge in [0.2, 0.25) is 5.91 Å². The Kier molecular flexibility index (Phi) is 5.98. The highest BCUT2D eigenvalue weighted by Crippen LogP contribution is 2.29. The molecular formula is C25H25N3O3. The largest absolute Gasteiger partial charge is 0.493 e. The lowest BCUT2D eigenvalue weighted by molar-refractivity contribution is -0.131. The third kappa shape index (κ3) is 4.28. The third-order valence-electron chi connectivity index (χ3n) is 5.33. The molecule has 1 heterocycles. The number of carbonyl (C=O) groups is 1. The van der Waals surface area contributed by atoms with Crippen LogP contribution in [0.5, 0.6) is 5.75 Å². The lowest BCUT2D eigenvalue weighted by Gasteiger charge is -2.22. The number of hydrogen-bond acceptors (Lipinski definition) is 4. The zero-order valence-electron chi connectivity index (χ0n) is 17.7. The summed E-state index contributed by atoms with van der Waals surface area (Å²) >= 11 is 0. The van der Waals surface area contributed by atoms with Crippen molar-refractivity contribution in [1.82, 2.24) is 14.5 Å². The first-order valence-electron chi connectivity index (χ1n) is 10.4. The Bertz CT molecular complexity index is 1300. The molecule has 4 aromatic rings. The van der Waals surface area contributed by atoms with Gasteiger partial charge in [0.15, 0.2) is 0 Å². The minimum atomic E-state index is -0.294. The molecule has 0 aliphatic carbocycles. The van der Waals surface area contributed by atoms with Gasteiger partial charge in [-0.25, -0.2) is 4.98 Å². The number of fused-ring (bicyclic) bond motifs is 2. The van der Waals surface area contributed by atoms with Crippen LogP contribution >= 0.6 is 0 Å². The van der Waals surface area contributed by atoms with Gasteiger partial charge in [-0.3, -0.25) is 14.2 Å². The van der Waals surface area contributed by atoms with Crippen LogP contribution < -0.4 is 10.3 Å². The fourth-order valence-electron chi connectivity index (χ4n) is 3.69. The Morgan fingerprint density at radius 2 is 1.84 bits per heavy atom. The predicted octanol–water partition coefficient (Wildman–Crippen LogP) is 4.00. The van der Waals surface area contributed by atoms with Crippen LogP contribution in [0, 0.1) is 0 Å². The summed E-state index contributed by atoms with van der Waals surface area (Å²) in [5.74, 6) is 0.625. The molecule has 0 fully saturated rings. The Balaban J connectivity index is 1.64. The quantitative estimate of drug-likeness (QED) is 0.458. The summed E-state index contributed by atoms with van der Waals surface area (Å²) < 4.78 is 7.44. The molecule has 6 nitrogen and oxygen atoms in total. The molecule has 6 heteroatoms. The van der Waals surface area contributed by atoms with Gasteiger partial charge < -0.3 is 9.64 Å². The molecule has 0 aliphatic rings. The fraction of sp³-hybridized carbons (Fsp3) is 0.240. The van der Waals surface area contributed by atoms with Crippen molar-refractivity contribution in [2.24, 2.45) is 0 Å². The van der Waals surface area contributed by atoms with Crippen molar-refractivity contribution in [2.75, 3.05) is 13.7 Å². The summed E-state index contributed by atoms with van der Waals surface area (Å²) in [6, 6.07) is 19.4. The van der Waals surface area contributed by atoms with Crippen molar-refractivity contribution in [3.05, 3.63) is 82.8 Å². The van der Waals surface area contributed by atoms with Gasteiger partial charge >= 0.3 is 0 Å². The minimum absolute atomic E-state index is 0.0473. The van der Waals surface area contributed by atoms with E-state index < -0.39 is 0 Å². The number of nitrogens with zero attached hydrogens (tertiary/aromatic N) is 3. The zero-order chi connectivity index (χ0) is 21.8. The Hall–Kier alpha value is -3.67. The average molecular weight is 415 g/mol. The lowest BCUT2D eigenvalue weighted by Crippen LogP contribution is -2.34. The molecule has 3 aromatic carbocycles. The predicted molar refractivity (Wildman–Crippen MR) is 122 cm³/mol. The fourth-order valence-corrected chi connectivity index (χ4v) is 3.69. The molecule has 0 N–H and O–H groups in total. The molecule has 0 radical (unpaired) electrons. The molecule has 1 aromatic heterocycles. The Morgan fingerprint density at radius 3 is 2.68 bits per heavy atom. The van der Waals surface area contributed by atoms with Crippen LogP contribution in [0.15, 0.2) is 71.7 Å². The average Bonchev–Trinajstić information content (AvgIpc) is 2.80. The van der Waals surface area contributed by atoms with E-state index in [0.29, 0.717) is 24.2 Å². The molecule has 0 unspecified atom stereocenters. The monoisotopic (exact) mass is 415 g/mol. The molecule has 0 saturated carbocycles. The van der Waals surface area contributed by atoms with Crippen LogP contribution in [0.4, 0.5) is 0 Å². The van der Waals surface area contributed by atoms with Gasteiger partial charge in [0.25, 0.3) is 5.56 Å². The van der Waals surface area contributed by atoms with Gasteiger partial charge in [0.1, 0.15) is 12.3 Å². The van der Waals surface area contributed by atoms with E-state index in [0.717, 1.165) is 28.5 Å². The van der Waals surface area contributed by atoms with Crippen LogP contribution in [-0.4, -0.2) is 34.0 Å². The highest BCUT2D eigenvalue weighted by molar-refractivity contribution is 5.88. The maximum atomic E-state index is 13.1. The highest BCUT2D eigenvalue weighted by atomic mass is 16.5. The molecule has 0 spiro atoms. The van der Waals surface area contributed by atoms with Gasteiger partial charge in [-0.15, -0.1) is 0 Å². The van der Waals surface area contributed by atoms with Gasteiger partial charge in [-0.2, -0.15) is 0 Å². The summed E-state index contributed by atoms with van der Waals surface area (Å²) in [7, 11) is 1.75. The zero-order valence-corrected chi connectivity index (χ0v) is 17.7. The number of aromatic nitrogens is 2. The molecule has 0 bridgehead atoms. The summed E-state index contributed by atoms with van der Waals surface area (Å²) in [5, 5.41) is 2.15. The number of likely N-dealkylation sites (N-methyl/N-ethyl adjacent to an activating group) is 1. The van der Waals surface area contributed by atoms with E-state index in [9.17, 15) is 9.59 Å². The van der Waals surface area contributed by atoms with Gasteiger partial charge in [0.05, 0.1) is 23.8 Å². The van der Waals surface area contributed by atoms with Crippen molar-refractivity contribution in [1.29, 1.82) is 0 Å². The van der Waals surface area contributed by atoms with Crippen LogP contribution in [0.25, 0.3) is 21.8 Å². The molecule has 0 atom stereocenters. The smallest absolute Gasteiger partial charge is 0.269 e. The number of hydrogen-bond donors (Lipinski definition) is 0. The van der Waals surface area contributed by atoms with Crippen LogP contribution in [0.2, 0.25) is 0 Å². The number of ether oxygens (including phenoxy) is 1. The highest BCUT2D eigenvalue weighted by Gasteiger charge is 2.17. The third-order valence-corrected chi connectivity index (χ3v) is 5.33. The summed E-state index contributed by atoms with van der Waals surface area (Å²) in [6.07, 6.45) is 2.16. The van der Waals surface area contributed by atoms with E-state index in [1.807, 2.05) is 54.6 Å². The van der Waals surface area contributed by atoms with Crippen molar-refractivity contribution in [2.45, 2.75) is 26.4 Å². The first-order chi connectivity index (χ1) is 15.1. The van der Waals surface area contributed by atoms with E-state index in [-0.39, 0.29) is 18.0 Å². The van der Waals surface area contributed by atoms with Crippen LogP contribution in [0.3, 0.4) is 0 Å². The van der Waals surface area contributed by atoms with Crippen molar-refractivity contribution < 1.29 is 9.53 Å². The second-order valence-corrected chi connectivity index (χ2v) is 7.53. The first-order valence-corrected chi connectivity index (χ1v) is 10.4. The second-order valence-electron chi connectivity index (χ2n) is 7.53. The number of carbonyl (C=O) groups excluding carboxylic acids is 1. The van der Waals surface area contributed by atoms with Crippen LogP contribution in [-0.2, 0) is 17.9 Å². The van der Waals surface area contributed by atoms with E-state index in [2.05, 4.69) is 11.9 Å². The number of para-hydroxylation sites is 2. The molecule has 4 rings (SSSR count). The summed E-state index contributed by atoms with van der Waals surface area (Å²) in [6.45, 7) is 3.01. The SMILES string of the molecule is CCCOc1ccc2ccccc2c1CN(C)C(=O)Cn1c(=O)cnc2ccccc21. The number of amides is 1. The van der Waals surface area contributed by atoms with Gasteiger partial charge in [-0.05, 0) is 35.4 Å². The molecule has 0 saturated heterocycles. The van der Waals surface area contributed by atoms with Crippen molar-refractivity contribution in [3.8, 4) is 5.75 Å². The maximum absolute atomic E-state index is 13.1. The van der Waals surface area contributed by atoms with E-state index in [4.69, 9.17) is 4.74 Å². The maximum Gasteiger partial charge on any atom is 0.269 e. The molecule has 0 aliphatic heterocycles. The minimum Gasteiger partial charge on any atom is -0.493 e. The molecule has 158 valence electrons. The first kappa shape index (κ1) is 20.6. The summed E-state index contributed by atoms with van der Waals surface area (Å²) in [5.41, 5.74) is 2.00. The van der Waals surface area contributed by atoms with E-state index in [1.165, 1.54) is 10.8 Å². The normalized spacial score (nSPS) is 11.0. The topological polar surface area (TPSA) is 64.4 Å². The van der Waals surface area contributed by atoms with Crippen LogP contribution in [0.1, 0.15) is 18.9 Å². The summed E-state index contributed by atoms with van der Waals surface area (Å²) in [4.78, 5) is 31.3. The second kappa shape index (κ2) is 9.00.